The van der Waals surface area contributed by atoms with Crippen molar-refractivity contribution in [3.63, 3.8) is 0 Å². The molecule has 0 heterocycles. The van der Waals surface area contributed by atoms with Crippen LogP contribution < -0.4 is 0 Å². The molecule has 0 aliphatic heterocycles. The van der Waals surface area contributed by atoms with Gasteiger partial charge in [-0.3, -0.25) is 0 Å². The van der Waals surface area contributed by atoms with E-state index in [-0.39, 0.29) is 19.5 Å². The van der Waals surface area contributed by atoms with Crippen molar-refractivity contribution < 1.29 is 45.4 Å². The predicted octanol–water partition coefficient (Wildman–Crippen LogP) is -0.632. The first-order chi connectivity index (χ1) is 4.00. The maximum absolute atomic E-state index is 8.84. The topological polar surface area (TPSA) is 114 Å². The van der Waals surface area contributed by atoms with Crippen molar-refractivity contribution in [3.8, 4) is 0 Å². The summed E-state index contributed by atoms with van der Waals surface area (Å²) < 4.78 is 53.1. The molecule has 0 spiro atoms. The van der Waals surface area contributed by atoms with Gasteiger partial charge in [-0.2, -0.15) is 0 Å². The molecule has 0 unspecified atom stereocenters. The summed E-state index contributed by atoms with van der Waals surface area (Å²) in [6.45, 7) is 0. The Morgan fingerprint density at radius 3 is 0.818 bits per heavy atom. The summed E-state index contributed by atoms with van der Waals surface area (Å²) >= 11 is 0. The zero-order valence-corrected chi connectivity index (χ0v) is 10.8. The molecule has 6 nitrogen and oxygen atoms in total. The van der Waals surface area contributed by atoms with Crippen LogP contribution in [-0.4, -0.2) is 25.9 Å². The first-order valence-corrected chi connectivity index (χ1v) is 5.78. The van der Waals surface area contributed by atoms with Crippen LogP contribution in [0.5, 0.6) is 0 Å². The Kier molecular flexibility index (Phi) is 10.7. The van der Waals surface area contributed by atoms with E-state index in [0.29, 0.717) is 0 Å². The molecule has 0 aromatic heterocycles. The van der Waals surface area contributed by atoms with Crippen molar-refractivity contribution in [3.05, 3.63) is 0 Å². The number of halogens is 2. The third-order valence-corrected chi connectivity index (χ3v) is 0. The van der Waals surface area contributed by atoms with Crippen molar-refractivity contribution in [2.75, 3.05) is 0 Å². The first-order valence-electron chi connectivity index (χ1n) is 1.31. The van der Waals surface area contributed by atoms with Crippen LogP contribution in [0.2, 0.25) is 0 Å². The summed E-state index contributed by atoms with van der Waals surface area (Å²) in [5.74, 6) is 0. The van der Waals surface area contributed by atoms with E-state index in [0.717, 1.165) is 0 Å². The quantitative estimate of drug-likeness (QED) is 0.334. The van der Waals surface area contributed by atoms with E-state index < -0.39 is 18.7 Å². The monoisotopic (exact) mass is 294 g/mol. The Bertz CT molecular complexity index is 215. The van der Waals surface area contributed by atoms with E-state index in [4.69, 9.17) is 25.9 Å². The number of hydrogen-bond acceptors (Lipinski definition) is 6. The van der Waals surface area contributed by atoms with Gasteiger partial charge < -0.3 is 9.11 Å². The van der Waals surface area contributed by atoms with E-state index in [2.05, 4.69) is 21.4 Å². The van der Waals surface area contributed by atoms with Gasteiger partial charge in [0.25, 0.3) is 0 Å². The van der Waals surface area contributed by atoms with Crippen LogP contribution in [0.4, 0.5) is 0 Å². The van der Waals surface area contributed by atoms with E-state index in [9.17, 15) is 0 Å². The Labute approximate surface area is 85.1 Å². The third kappa shape index (κ3) is 857. The first kappa shape index (κ1) is 17.9. The summed E-state index contributed by atoms with van der Waals surface area (Å²) in [4.78, 5) is 0. The van der Waals surface area contributed by atoms with Gasteiger partial charge in [0.2, 0.25) is 0 Å². The molecule has 0 aliphatic carbocycles. The Morgan fingerprint density at radius 1 is 0.818 bits per heavy atom. The van der Waals surface area contributed by atoms with Crippen LogP contribution in [0, 0.1) is 0 Å². The zero-order chi connectivity index (χ0) is 9.00. The van der Waals surface area contributed by atoms with Gasteiger partial charge in [-0.15, -0.1) is 0 Å². The minimum absolute atomic E-state index is 0. The van der Waals surface area contributed by atoms with E-state index in [1.807, 2.05) is 0 Å². The van der Waals surface area contributed by atoms with E-state index in [1.165, 1.54) is 0 Å². The zero-order valence-electron chi connectivity index (χ0n) is 4.73. The molecule has 0 saturated heterocycles. The average molecular weight is 296 g/mol. The van der Waals surface area contributed by atoms with Gasteiger partial charge in [0, 0.05) is 21.4 Å². The van der Waals surface area contributed by atoms with Crippen LogP contribution in [0.25, 0.3) is 0 Å². The van der Waals surface area contributed by atoms with Crippen LogP contribution in [-0.2, 0) is 38.1 Å². The third-order valence-electron chi connectivity index (χ3n) is 0. The molecule has 0 radical (unpaired) electrons. The molecule has 0 aromatic rings. The fraction of sp³-hybridized carbons (Fsp3) is 0. The predicted molar refractivity (Wildman–Crippen MR) is 31.1 cm³/mol. The Hall–Kier alpha value is 1.02. The second kappa shape index (κ2) is 6.53. The molecule has 0 saturated carbocycles. The van der Waals surface area contributed by atoms with Crippen molar-refractivity contribution in [1.29, 1.82) is 0 Å². The summed E-state index contributed by atoms with van der Waals surface area (Å²) in [6.07, 6.45) is 0. The van der Waals surface area contributed by atoms with Gasteiger partial charge in [0.05, 0.1) is 0 Å². The van der Waals surface area contributed by atoms with Crippen molar-refractivity contribution in [2.24, 2.45) is 0 Å². The van der Waals surface area contributed by atoms with E-state index in [1.54, 1.807) is 0 Å². The molecule has 0 atom stereocenters. The van der Waals surface area contributed by atoms with Crippen LogP contribution in [0.15, 0.2) is 0 Å². The standard InChI is InChI=1S/2ClHO3S.Zn/c2*1-5(2,3)4;/h2*(H,2,3,4);/q;;+2/p-2. The second-order valence-electron chi connectivity index (χ2n) is 0.786. The fourth-order valence-corrected chi connectivity index (χ4v) is 0. The molecule has 0 aliphatic rings. The molecule has 64 valence electrons. The minimum atomic E-state index is -4.44. The smallest absolute Gasteiger partial charge is 0.735 e. The van der Waals surface area contributed by atoms with Crippen LogP contribution >= 0.6 is 21.4 Å². The van der Waals surface area contributed by atoms with Gasteiger partial charge in [-0.1, -0.05) is 0 Å². The summed E-state index contributed by atoms with van der Waals surface area (Å²) in [5, 5.41) is 0. The van der Waals surface area contributed by atoms with Crippen molar-refractivity contribution in [1.82, 2.24) is 0 Å². The number of rotatable bonds is 0. The summed E-state index contributed by atoms with van der Waals surface area (Å²) in [7, 11) is -0.995. The van der Waals surface area contributed by atoms with Gasteiger partial charge in [0.1, 0.15) is 0 Å². The average Bonchev–Trinajstić information content (AvgIpc) is 1.12. The molecular formula is Cl2O6S2Zn. The molecule has 11 heteroatoms. The maximum atomic E-state index is 8.84. The maximum Gasteiger partial charge on any atom is 2.00 e. The largest absolute Gasteiger partial charge is 2.00 e. The normalized spacial score (nSPS) is 10.5. The van der Waals surface area contributed by atoms with Gasteiger partial charge in [-0.05, 0) is 0 Å². The second-order valence-corrected chi connectivity index (χ2v) is 4.63. The molecule has 0 rings (SSSR count). The molecule has 0 N–H and O–H groups in total. The minimum Gasteiger partial charge on any atom is -0.735 e. The van der Waals surface area contributed by atoms with Crippen LogP contribution in [0.1, 0.15) is 0 Å². The molecular weight excluding hydrogens is 296 g/mol. The SMILES string of the molecule is O=S(=O)([O-])Cl.O=S(=O)([O-])Cl.[Zn+2]. The summed E-state index contributed by atoms with van der Waals surface area (Å²) in [5.41, 5.74) is 0. The molecule has 0 amide bonds. The van der Waals surface area contributed by atoms with Gasteiger partial charge >= 0.3 is 19.5 Å². The van der Waals surface area contributed by atoms with Crippen molar-refractivity contribution >= 4 is 40.0 Å². The Morgan fingerprint density at radius 2 is 0.818 bits per heavy atom. The molecule has 0 aromatic carbocycles. The van der Waals surface area contributed by atoms with Crippen molar-refractivity contribution in [2.45, 2.75) is 0 Å². The molecule has 11 heavy (non-hydrogen) atoms. The fourth-order valence-electron chi connectivity index (χ4n) is 0. The molecule has 0 bridgehead atoms. The van der Waals surface area contributed by atoms with Gasteiger partial charge in [-0.25, -0.2) is 16.8 Å². The Balaban J connectivity index is -0.000000107. The van der Waals surface area contributed by atoms with E-state index >= 15 is 0 Å². The van der Waals surface area contributed by atoms with Gasteiger partial charge in [0.15, 0.2) is 18.7 Å². The number of hydrogen-bond donors (Lipinski definition) is 0. The summed E-state index contributed by atoms with van der Waals surface area (Å²) in [6, 6.07) is 0. The molecule has 0 fully saturated rings. The van der Waals surface area contributed by atoms with Crippen LogP contribution in [0.3, 0.4) is 0 Å².